The van der Waals surface area contributed by atoms with Gasteiger partial charge in [0.25, 0.3) is 0 Å². The number of rotatable bonds is 4. The van der Waals surface area contributed by atoms with Gasteiger partial charge in [-0.2, -0.15) is 0 Å². The maximum absolute atomic E-state index is 14.9. The Morgan fingerprint density at radius 3 is 2.57 bits per heavy atom. The van der Waals surface area contributed by atoms with E-state index in [1.165, 1.54) is 18.3 Å². The van der Waals surface area contributed by atoms with Gasteiger partial charge in [0.15, 0.2) is 0 Å². The monoisotopic (exact) mass is 474 g/mol. The van der Waals surface area contributed by atoms with E-state index < -0.39 is 17.5 Å². The maximum atomic E-state index is 14.9. The number of amidine groups is 1. The predicted molar refractivity (Wildman–Crippen MR) is 128 cm³/mol. The van der Waals surface area contributed by atoms with Gasteiger partial charge in [0.1, 0.15) is 52.3 Å². The van der Waals surface area contributed by atoms with Crippen LogP contribution < -0.4 is 11.5 Å². The molecule has 174 valence electrons. The van der Waals surface area contributed by atoms with Crippen molar-refractivity contribution in [3.63, 3.8) is 0 Å². The van der Waals surface area contributed by atoms with E-state index >= 15 is 0 Å². The van der Waals surface area contributed by atoms with Crippen molar-refractivity contribution in [2.75, 3.05) is 5.73 Å². The van der Waals surface area contributed by atoms with Crippen molar-refractivity contribution < 1.29 is 13.2 Å². The molecule has 0 unspecified atom stereocenters. The first-order chi connectivity index (χ1) is 16.8. The summed E-state index contributed by atoms with van der Waals surface area (Å²) in [5.74, 6) is -1.48. The molecule has 0 aliphatic rings. The molecule has 11 heteroatoms. The molecule has 0 atom stereocenters. The largest absolute Gasteiger partial charge is 0.384 e. The van der Waals surface area contributed by atoms with Crippen molar-refractivity contribution in [2.24, 2.45) is 10.7 Å². The summed E-state index contributed by atoms with van der Waals surface area (Å²) in [6.45, 7) is 1.68. The van der Waals surface area contributed by atoms with Gasteiger partial charge in [-0.15, -0.1) is 0 Å². The van der Waals surface area contributed by atoms with Crippen molar-refractivity contribution in [3.8, 4) is 16.8 Å². The molecule has 0 amide bonds. The number of hydrogen-bond acceptors (Lipinski definition) is 5. The Morgan fingerprint density at radius 1 is 1.03 bits per heavy atom. The van der Waals surface area contributed by atoms with Gasteiger partial charge < -0.3 is 11.5 Å². The predicted octanol–water partition coefficient (Wildman–Crippen LogP) is 4.26. The van der Waals surface area contributed by atoms with Crippen molar-refractivity contribution in [3.05, 3.63) is 77.6 Å². The summed E-state index contributed by atoms with van der Waals surface area (Å²) in [6.07, 6.45) is 3.14. The van der Waals surface area contributed by atoms with Crippen LogP contribution in [0.1, 0.15) is 11.4 Å². The minimum absolute atomic E-state index is 0.0317. The van der Waals surface area contributed by atoms with Crippen LogP contribution >= 0.6 is 0 Å². The highest BCUT2D eigenvalue weighted by Crippen LogP contribution is 2.34. The molecular weight excluding hydrogens is 457 g/mol. The van der Waals surface area contributed by atoms with Crippen LogP contribution in [0.3, 0.4) is 0 Å². The number of nitrogens with zero attached hydrogens (tertiary/aromatic N) is 5. The minimum Gasteiger partial charge on any atom is -0.384 e. The van der Waals surface area contributed by atoms with Crippen LogP contribution in [-0.2, 0) is 0 Å². The molecule has 0 saturated carbocycles. The quantitative estimate of drug-likeness (QED) is 0.265. The molecule has 0 radical (unpaired) electrons. The number of aryl methyl sites for hydroxylation is 1. The molecule has 0 aliphatic heterocycles. The fraction of sp³-hybridized carbons (Fsp3) is 0.0417. The SMILES string of the molecule is Cc1nc2c(C(N)=NC=N)cc(-c3cc(N)ncc3F)cc2n1-c1ccnc2c(F)ccc(F)c12. The van der Waals surface area contributed by atoms with Crippen molar-refractivity contribution in [2.45, 2.75) is 6.92 Å². The Morgan fingerprint density at radius 2 is 1.80 bits per heavy atom. The van der Waals surface area contributed by atoms with Crippen LogP contribution in [0.2, 0.25) is 0 Å². The van der Waals surface area contributed by atoms with Crippen LogP contribution in [-0.4, -0.2) is 31.7 Å². The van der Waals surface area contributed by atoms with Crippen LogP contribution in [0, 0.1) is 29.8 Å². The number of pyridine rings is 2. The summed E-state index contributed by atoms with van der Waals surface area (Å²) < 4.78 is 45.7. The molecule has 3 aromatic heterocycles. The lowest BCUT2D eigenvalue weighted by molar-refractivity contribution is 0.615. The molecule has 3 heterocycles. The first-order valence-corrected chi connectivity index (χ1v) is 10.3. The van der Waals surface area contributed by atoms with E-state index in [1.54, 1.807) is 23.6 Å². The summed E-state index contributed by atoms with van der Waals surface area (Å²) in [5, 5.41) is 7.26. The molecule has 2 aromatic carbocycles. The van der Waals surface area contributed by atoms with E-state index in [2.05, 4.69) is 19.9 Å². The second-order valence-corrected chi connectivity index (χ2v) is 7.70. The minimum atomic E-state index is -0.677. The Hall–Kier alpha value is -4.80. The molecule has 0 saturated heterocycles. The van der Waals surface area contributed by atoms with Crippen LogP contribution in [0.4, 0.5) is 19.0 Å². The van der Waals surface area contributed by atoms with E-state index in [0.717, 1.165) is 24.7 Å². The van der Waals surface area contributed by atoms with E-state index in [9.17, 15) is 13.2 Å². The van der Waals surface area contributed by atoms with Crippen LogP contribution in [0.5, 0.6) is 0 Å². The van der Waals surface area contributed by atoms with Crippen LogP contribution in [0.15, 0.2) is 53.8 Å². The van der Waals surface area contributed by atoms with Gasteiger partial charge in [0.05, 0.1) is 22.8 Å². The Kier molecular flexibility index (Phi) is 5.16. The van der Waals surface area contributed by atoms with E-state index in [-0.39, 0.29) is 33.8 Å². The Balaban J connectivity index is 1.93. The van der Waals surface area contributed by atoms with E-state index in [0.29, 0.717) is 28.0 Å². The molecule has 0 fully saturated rings. The van der Waals surface area contributed by atoms with Gasteiger partial charge in [0, 0.05) is 17.3 Å². The van der Waals surface area contributed by atoms with Crippen molar-refractivity contribution in [1.82, 2.24) is 19.5 Å². The summed E-state index contributed by atoms with van der Waals surface area (Å²) in [4.78, 5) is 16.2. The summed E-state index contributed by atoms with van der Waals surface area (Å²) in [6, 6.07) is 8.15. The standard InChI is InChI=1S/C24H17F3N8/c1-11-34-22-14(24(30)33-10-28)6-12(13-8-20(29)32-9-17(13)27)7-19(22)35(11)18-4-5-31-23-16(26)3-2-15(25)21(18)23/h2-10H,1H3,(H2,29,32)(H3,28,30,33). The Labute approximate surface area is 196 Å². The number of nitrogens with two attached hydrogens (primary N) is 2. The molecule has 35 heavy (non-hydrogen) atoms. The molecule has 8 nitrogen and oxygen atoms in total. The molecular formula is C24H17F3N8. The first kappa shape index (κ1) is 22.0. The topological polar surface area (TPSA) is 132 Å². The smallest absolute Gasteiger partial charge is 0.149 e. The third-order valence-corrected chi connectivity index (χ3v) is 5.61. The highest BCUT2D eigenvalue weighted by Gasteiger charge is 2.21. The van der Waals surface area contributed by atoms with Gasteiger partial charge in [-0.3, -0.25) is 15.0 Å². The summed E-state index contributed by atoms with van der Waals surface area (Å²) in [7, 11) is 0. The Bertz CT molecular complexity index is 1690. The second kappa shape index (κ2) is 8.20. The van der Waals surface area contributed by atoms with E-state index in [1.807, 2.05) is 0 Å². The van der Waals surface area contributed by atoms with Crippen molar-refractivity contribution in [1.29, 1.82) is 5.41 Å². The molecule has 0 aliphatic carbocycles. The van der Waals surface area contributed by atoms with E-state index in [4.69, 9.17) is 16.9 Å². The van der Waals surface area contributed by atoms with Crippen LogP contribution in [0.25, 0.3) is 38.8 Å². The summed E-state index contributed by atoms with van der Waals surface area (Å²) >= 11 is 0. The van der Waals surface area contributed by atoms with Gasteiger partial charge >= 0.3 is 0 Å². The number of aromatic nitrogens is 4. The summed E-state index contributed by atoms with van der Waals surface area (Å²) in [5.41, 5.74) is 13.7. The van der Waals surface area contributed by atoms with Crippen molar-refractivity contribution >= 4 is 39.9 Å². The number of halogens is 3. The third kappa shape index (κ3) is 3.53. The fourth-order valence-corrected chi connectivity index (χ4v) is 4.13. The number of nitrogens with one attached hydrogen (secondary N) is 1. The number of aliphatic imine (C=N–C) groups is 1. The molecule has 5 rings (SSSR count). The molecule has 0 spiro atoms. The van der Waals surface area contributed by atoms with Gasteiger partial charge in [-0.1, -0.05) is 0 Å². The highest BCUT2D eigenvalue weighted by molar-refractivity contribution is 6.11. The van der Waals surface area contributed by atoms with Gasteiger partial charge in [0.2, 0.25) is 0 Å². The average Bonchev–Trinajstić information content (AvgIpc) is 3.17. The lowest BCUT2D eigenvalue weighted by Crippen LogP contribution is -2.14. The number of hydrogen-bond donors (Lipinski definition) is 3. The lowest BCUT2D eigenvalue weighted by Gasteiger charge is -2.13. The average molecular weight is 474 g/mol. The first-order valence-electron chi connectivity index (χ1n) is 10.3. The third-order valence-electron chi connectivity index (χ3n) is 5.61. The zero-order valence-electron chi connectivity index (χ0n) is 18.2. The number of benzene rings is 2. The number of nitrogen functional groups attached to an aromatic ring is 1. The van der Waals surface area contributed by atoms with Gasteiger partial charge in [-0.25, -0.2) is 28.1 Å². The number of anilines is 1. The zero-order valence-corrected chi connectivity index (χ0v) is 18.2. The maximum Gasteiger partial charge on any atom is 0.149 e. The number of fused-ring (bicyclic) bond motifs is 2. The lowest BCUT2D eigenvalue weighted by atomic mass is 10.0. The molecule has 0 bridgehead atoms. The fourth-order valence-electron chi connectivity index (χ4n) is 4.13. The normalized spacial score (nSPS) is 11.9. The zero-order chi connectivity index (χ0) is 24.9. The molecule has 5 aromatic rings. The second-order valence-electron chi connectivity index (χ2n) is 7.70. The number of imidazole rings is 1. The molecule has 5 N–H and O–H groups in total. The highest BCUT2D eigenvalue weighted by atomic mass is 19.1. The van der Waals surface area contributed by atoms with Gasteiger partial charge in [-0.05, 0) is 48.9 Å².